The number of benzene rings is 2. The Hall–Kier alpha value is -1.89. The first-order chi connectivity index (χ1) is 10.1. The van der Waals surface area contributed by atoms with Crippen molar-refractivity contribution < 1.29 is 4.79 Å². The van der Waals surface area contributed by atoms with E-state index in [1.54, 1.807) is 30.3 Å². The van der Waals surface area contributed by atoms with Crippen molar-refractivity contribution in [1.29, 1.82) is 0 Å². The van der Waals surface area contributed by atoms with E-state index in [9.17, 15) is 4.79 Å². The van der Waals surface area contributed by atoms with Gasteiger partial charge in [-0.25, -0.2) is 0 Å². The predicted molar refractivity (Wildman–Crippen MR) is 86.2 cm³/mol. The van der Waals surface area contributed by atoms with Crippen molar-refractivity contribution in [3.8, 4) is 0 Å². The Balaban J connectivity index is 2.02. The highest BCUT2D eigenvalue weighted by atomic mass is 35.5. The normalized spacial score (nSPS) is 10.8. The minimum Gasteiger partial charge on any atom is -0.398 e. The summed E-state index contributed by atoms with van der Waals surface area (Å²) >= 11 is 13.2. The van der Waals surface area contributed by atoms with Crippen LogP contribution in [-0.2, 0) is 0 Å². The zero-order chi connectivity index (χ0) is 15.0. The van der Waals surface area contributed by atoms with Crippen molar-refractivity contribution >= 4 is 63.2 Å². The van der Waals surface area contributed by atoms with Gasteiger partial charge in [0.15, 0.2) is 0 Å². The Kier molecular flexibility index (Phi) is 3.67. The van der Waals surface area contributed by atoms with E-state index in [0.29, 0.717) is 27.4 Å². The van der Waals surface area contributed by atoms with Crippen LogP contribution in [-0.4, -0.2) is 14.7 Å². The molecule has 0 unspecified atom stereocenters. The van der Waals surface area contributed by atoms with Crippen molar-refractivity contribution in [2.45, 2.75) is 0 Å². The van der Waals surface area contributed by atoms with Gasteiger partial charge in [0.2, 0.25) is 0 Å². The molecule has 0 aliphatic carbocycles. The van der Waals surface area contributed by atoms with Crippen molar-refractivity contribution in [3.63, 3.8) is 0 Å². The second-order valence-corrected chi connectivity index (χ2v) is 5.53. The molecule has 2 aromatic carbocycles. The van der Waals surface area contributed by atoms with E-state index in [2.05, 4.69) is 14.1 Å². The van der Waals surface area contributed by atoms with Crippen molar-refractivity contribution in [2.24, 2.45) is 0 Å². The number of fused-ring (bicyclic) bond motifs is 1. The zero-order valence-electron chi connectivity index (χ0n) is 10.4. The fourth-order valence-corrected chi connectivity index (χ4v) is 2.81. The van der Waals surface area contributed by atoms with E-state index >= 15 is 0 Å². The van der Waals surface area contributed by atoms with Gasteiger partial charge in [-0.2, -0.15) is 8.75 Å². The van der Waals surface area contributed by atoms with Gasteiger partial charge < -0.3 is 11.1 Å². The lowest BCUT2D eigenvalue weighted by atomic mass is 10.1. The minimum absolute atomic E-state index is 0.203. The number of carbonyl (C=O) groups excluding carboxylic acids is 1. The molecule has 0 aliphatic heterocycles. The SMILES string of the molecule is Nc1cccc(C(=O)Nc2c(Cl)ccc3nsnc23)c1Cl. The molecule has 106 valence electrons. The Morgan fingerprint density at radius 1 is 1.19 bits per heavy atom. The quantitative estimate of drug-likeness (QED) is 0.695. The molecule has 21 heavy (non-hydrogen) atoms. The van der Waals surface area contributed by atoms with Crippen LogP contribution in [0.1, 0.15) is 10.4 Å². The number of halogens is 2. The Morgan fingerprint density at radius 2 is 2.00 bits per heavy atom. The lowest BCUT2D eigenvalue weighted by molar-refractivity contribution is 0.102. The van der Waals surface area contributed by atoms with Gasteiger partial charge in [-0.3, -0.25) is 4.79 Å². The number of hydrogen-bond acceptors (Lipinski definition) is 5. The second-order valence-electron chi connectivity index (χ2n) is 4.22. The van der Waals surface area contributed by atoms with Crippen molar-refractivity contribution in [3.05, 3.63) is 45.9 Å². The summed E-state index contributed by atoms with van der Waals surface area (Å²) in [5.41, 5.74) is 7.92. The lowest BCUT2D eigenvalue weighted by Gasteiger charge is -2.09. The van der Waals surface area contributed by atoms with Crippen LogP contribution in [0.15, 0.2) is 30.3 Å². The van der Waals surface area contributed by atoms with Gasteiger partial charge in [-0.15, -0.1) is 0 Å². The van der Waals surface area contributed by atoms with Gasteiger partial charge in [0.05, 0.1) is 38.7 Å². The number of nitrogens with zero attached hydrogens (tertiary/aromatic N) is 2. The number of nitrogen functional groups attached to an aromatic ring is 1. The molecule has 1 aromatic heterocycles. The third kappa shape index (κ3) is 2.53. The molecule has 0 bridgehead atoms. The average molecular weight is 339 g/mol. The van der Waals surface area contributed by atoms with Crippen LogP contribution in [0, 0.1) is 0 Å². The van der Waals surface area contributed by atoms with E-state index in [1.807, 2.05) is 0 Å². The van der Waals surface area contributed by atoms with E-state index < -0.39 is 5.91 Å². The molecule has 5 nitrogen and oxygen atoms in total. The summed E-state index contributed by atoms with van der Waals surface area (Å²) in [6.45, 7) is 0. The van der Waals surface area contributed by atoms with E-state index in [-0.39, 0.29) is 10.6 Å². The van der Waals surface area contributed by atoms with Crippen LogP contribution in [0.4, 0.5) is 11.4 Å². The Bertz CT molecular complexity index is 849. The van der Waals surface area contributed by atoms with E-state index in [4.69, 9.17) is 28.9 Å². The lowest BCUT2D eigenvalue weighted by Crippen LogP contribution is -2.13. The summed E-state index contributed by atoms with van der Waals surface area (Å²) < 4.78 is 8.25. The monoisotopic (exact) mass is 338 g/mol. The molecule has 8 heteroatoms. The molecule has 0 radical (unpaired) electrons. The highest BCUT2D eigenvalue weighted by molar-refractivity contribution is 7.00. The molecule has 0 spiro atoms. The molecule has 1 amide bonds. The molecule has 0 saturated heterocycles. The summed E-state index contributed by atoms with van der Waals surface area (Å²) in [5, 5.41) is 3.30. The van der Waals surface area contributed by atoms with Crippen LogP contribution in [0.5, 0.6) is 0 Å². The number of aromatic nitrogens is 2. The predicted octanol–water partition coefficient (Wildman–Crippen LogP) is 3.83. The summed E-state index contributed by atoms with van der Waals surface area (Å²) in [6.07, 6.45) is 0. The molecule has 1 heterocycles. The molecule has 0 saturated carbocycles. The molecule has 3 N–H and O–H groups in total. The third-order valence-corrected chi connectivity index (χ3v) is 4.17. The number of carbonyl (C=O) groups is 1. The van der Waals surface area contributed by atoms with E-state index in [1.165, 1.54) is 0 Å². The van der Waals surface area contributed by atoms with Crippen molar-refractivity contribution in [2.75, 3.05) is 11.1 Å². The van der Waals surface area contributed by atoms with Crippen LogP contribution in [0.3, 0.4) is 0 Å². The maximum Gasteiger partial charge on any atom is 0.257 e. The Morgan fingerprint density at radius 3 is 2.81 bits per heavy atom. The third-order valence-electron chi connectivity index (χ3n) is 2.89. The molecular weight excluding hydrogens is 331 g/mol. The highest BCUT2D eigenvalue weighted by Crippen LogP contribution is 2.31. The first-order valence-corrected chi connectivity index (χ1v) is 7.32. The molecule has 3 aromatic rings. The van der Waals surface area contributed by atoms with Gasteiger partial charge in [-0.1, -0.05) is 29.3 Å². The van der Waals surface area contributed by atoms with Crippen LogP contribution < -0.4 is 11.1 Å². The first kappa shape index (κ1) is 14.1. The van der Waals surface area contributed by atoms with Gasteiger partial charge in [0, 0.05) is 0 Å². The number of amides is 1. The highest BCUT2D eigenvalue weighted by Gasteiger charge is 2.16. The smallest absolute Gasteiger partial charge is 0.257 e. The number of anilines is 2. The summed E-state index contributed by atoms with van der Waals surface area (Å²) in [6, 6.07) is 8.26. The zero-order valence-corrected chi connectivity index (χ0v) is 12.8. The van der Waals surface area contributed by atoms with Gasteiger partial charge in [0.1, 0.15) is 11.0 Å². The van der Waals surface area contributed by atoms with Gasteiger partial charge >= 0.3 is 0 Å². The largest absolute Gasteiger partial charge is 0.398 e. The van der Waals surface area contributed by atoms with E-state index in [0.717, 1.165) is 11.7 Å². The fourth-order valence-electron chi connectivity index (χ4n) is 1.85. The number of hydrogen-bond donors (Lipinski definition) is 2. The van der Waals surface area contributed by atoms with Crippen molar-refractivity contribution in [1.82, 2.24) is 8.75 Å². The minimum atomic E-state index is -0.408. The number of rotatable bonds is 2. The maximum atomic E-state index is 12.4. The molecule has 0 aliphatic rings. The first-order valence-electron chi connectivity index (χ1n) is 5.84. The summed E-state index contributed by atoms with van der Waals surface area (Å²) in [4.78, 5) is 12.4. The molecule has 0 fully saturated rings. The molecular formula is C13H8Cl2N4OS. The van der Waals surface area contributed by atoms with Crippen LogP contribution in [0.25, 0.3) is 11.0 Å². The summed E-state index contributed by atoms with van der Waals surface area (Å²) in [7, 11) is 0. The van der Waals surface area contributed by atoms with Crippen LogP contribution in [0.2, 0.25) is 10.0 Å². The standard InChI is InChI=1S/C13H8Cl2N4OS/c14-7-4-5-9-12(19-21-18-9)11(7)17-13(20)6-2-1-3-8(16)10(6)15/h1-5H,16H2,(H,17,20). The maximum absolute atomic E-state index is 12.4. The molecule has 0 atom stereocenters. The topological polar surface area (TPSA) is 80.9 Å². The van der Waals surface area contributed by atoms with Crippen LogP contribution >= 0.6 is 34.9 Å². The molecule has 3 rings (SSSR count). The Labute approximate surface area is 134 Å². The second kappa shape index (κ2) is 5.48. The fraction of sp³-hybridized carbons (Fsp3) is 0. The van der Waals surface area contributed by atoms with Gasteiger partial charge in [-0.05, 0) is 24.3 Å². The van der Waals surface area contributed by atoms with Gasteiger partial charge in [0.25, 0.3) is 5.91 Å². The summed E-state index contributed by atoms with van der Waals surface area (Å²) in [5.74, 6) is -0.408. The number of nitrogens with two attached hydrogens (primary N) is 1. The average Bonchev–Trinajstić information content (AvgIpc) is 2.93. The number of nitrogens with one attached hydrogen (secondary N) is 1.